The van der Waals surface area contributed by atoms with Gasteiger partial charge in [-0.15, -0.1) is 0 Å². The fourth-order valence-electron chi connectivity index (χ4n) is 3.51. The van der Waals surface area contributed by atoms with Gasteiger partial charge in [-0.25, -0.2) is 0 Å². The summed E-state index contributed by atoms with van der Waals surface area (Å²) < 4.78 is 11.6. The van der Waals surface area contributed by atoms with Gasteiger partial charge in [-0.05, 0) is 51.1 Å². The normalized spacial score (nSPS) is 17.3. The van der Waals surface area contributed by atoms with Crippen molar-refractivity contribution in [2.24, 2.45) is 5.92 Å². The third-order valence-electron chi connectivity index (χ3n) is 5.52. The summed E-state index contributed by atoms with van der Waals surface area (Å²) in [6.45, 7) is 2.82. The summed E-state index contributed by atoms with van der Waals surface area (Å²) in [5.41, 5.74) is 0.552. The minimum Gasteiger partial charge on any atom is -0.493 e. The highest BCUT2D eigenvalue weighted by molar-refractivity contribution is 5.94. The molecule has 1 aliphatic heterocycles. The summed E-state index contributed by atoms with van der Waals surface area (Å²) in [6, 6.07) is 5.26. The fraction of sp³-hybridized carbons (Fsp3) is 0.636. The van der Waals surface area contributed by atoms with Crippen LogP contribution in [0.1, 0.15) is 42.5 Å². The molecule has 1 aromatic rings. The molecule has 0 spiro atoms. The number of carbonyl (C=O) groups excluding carboxylic acids is 2. The predicted molar refractivity (Wildman–Crippen MR) is 111 cm³/mol. The van der Waals surface area contributed by atoms with Gasteiger partial charge in [0.05, 0.1) is 7.11 Å². The van der Waals surface area contributed by atoms with Gasteiger partial charge in [-0.1, -0.05) is 0 Å². The number of methoxy groups -OCH3 is 1. The van der Waals surface area contributed by atoms with Gasteiger partial charge in [-0.2, -0.15) is 0 Å². The number of amides is 2. The third kappa shape index (κ3) is 6.35. The molecule has 1 saturated carbocycles. The van der Waals surface area contributed by atoms with Crippen LogP contribution in [0, 0.1) is 5.92 Å². The monoisotopic (exact) mass is 403 g/mol. The van der Waals surface area contributed by atoms with Crippen LogP contribution in [0.25, 0.3) is 0 Å². The fourth-order valence-corrected chi connectivity index (χ4v) is 3.51. The van der Waals surface area contributed by atoms with Crippen molar-refractivity contribution in [3.63, 3.8) is 0 Å². The summed E-state index contributed by atoms with van der Waals surface area (Å²) in [6.07, 6.45) is 4.69. The van der Waals surface area contributed by atoms with Crippen LogP contribution in [0.2, 0.25) is 0 Å². The van der Waals surface area contributed by atoms with Crippen molar-refractivity contribution in [1.82, 2.24) is 15.1 Å². The SMILES string of the molecule is COc1ccc(C(=O)NCCN(C)C)cc1OC1CCN(C(=O)CC2CC2)CC1. The van der Waals surface area contributed by atoms with E-state index in [9.17, 15) is 9.59 Å². The van der Waals surface area contributed by atoms with E-state index in [1.54, 1.807) is 25.3 Å². The van der Waals surface area contributed by atoms with Crippen LogP contribution in [0.4, 0.5) is 0 Å². The molecular formula is C22H33N3O4. The standard InChI is InChI=1S/C22H33N3O4/c1-24(2)13-10-23-22(27)17-6-7-19(28-3)20(15-17)29-18-8-11-25(12-9-18)21(26)14-16-4-5-16/h6-7,15-16,18H,4-5,8-14H2,1-3H3,(H,23,27). The van der Waals surface area contributed by atoms with Gasteiger partial charge in [0, 0.05) is 51.0 Å². The molecule has 0 atom stereocenters. The maximum atomic E-state index is 12.4. The van der Waals surface area contributed by atoms with Crippen molar-refractivity contribution < 1.29 is 19.1 Å². The average Bonchev–Trinajstić information content (AvgIpc) is 3.52. The Hall–Kier alpha value is -2.28. The lowest BCUT2D eigenvalue weighted by Crippen LogP contribution is -2.41. The molecule has 0 radical (unpaired) electrons. The molecule has 1 saturated heterocycles. The second kappa shape index (κ2) is 9.96. The van der Waals surface area contributed by atoms with Crippen LogP contribution in [0.15, 0.2) is 18.2 Å². The lowest BCUT2D eigenvalue weighted by molar-refractivity contribution is -0.133. The molecule has 2 fully saturated rings. The molecule has 1 aromatic carbocycles. The highest BCUT2D eigenvalue weighted by atomic mass is 16.5. The van der Waals surface area contributed by atoms with E-state index in [0.717, 1.165) is 32.5 Å². The molecule has 7 nitrogen and oxygen atoms in total. The Labute approximate surface area is 173 Å². The number of nitrogens with one attached hydrogen (secondary N) is 1. The smallest absolute Gasteiger partial charge is 0.251 e. The van der Waals surface area contributed by atoms with Crippen molar-refractivity contribution in [2.75, 3.05) is 47.4 Å². The number of benzene rings is 1. The van der Waals surface area contributed by atoms with Crippen LogP contribution in [0.3, 0.4) is 0 Å². The van der Waals surface area contributed by atoms with E-state index < -0.39 is 0 Å². The minimum absolute atomic E-state index is 0.0147. The summed E-state index contributed by atoms with van der Waals surface area (Å²) >= 11 is 0. The summed E-state index contributed by atoms with van der Waals surface area (Å²) in [5.74, 6) is 1.96. The topological polar surface area (TPSA) is 71.1 Å². The predicted octanol–water partition coefficient (Wildman–Crippen LogP) is 2.16. The Balaban J connectivity index is 1.55. The van der Waals surface area contributed by atoms with Crippen molar-refractivity contribution in [2.45, 2.75) is 38.2 Å². The quantitative estimate of drug-likeness (QED) is 0.684. The first-order valence-electron chi connectivity index (χ1n) is 10.5. The lowest BCUT2D eigenvalue weighted by Gasteiger charge is -2.32. The highest BCUT2D eigenvalue weighted by Gasteiger charge is 2.30. The molecule has 2 amide bonds. The van der Waals surface area contributed by atoms with Gasteiger partial charge in [-0.3, -0.25) is 9.59 Å². The molecule has 0 aromatic heterocycles. The van der Waals surface area contributed by atoms with Crippen molar-refractivity contribution in [3.05, 3.63) is 23.8 Å². The number of likely N-dealkylation sites (N-methyl/N-ethyl adjacent to an activating group) is 1. The molecule has 1 heterocycles. The second-order valence-corrected chi connectivity index (χ2v) is 8.27. The summed E-state index contributed by atoms with van der Waals surface area (Å²) in [4.78, 5) is 28.7. The van der Waals surface area contributed by atoms with Gasteiger partial charge in [0.15, 0.2) is 11.5 Å². The van der Waals surface area contributed by atoms with Gasteiger partial charge in [0.25, 0.3) is 5.91 Å². The molecule has 29 heavy (non-hydrogen) atoms. The molecular weight excluding hydrogens is 370 g/mol. The number of rotatable bonds is 9. The second-order valence-electron chi connectivity index (χ2n) is 8.27. The molecule has 2 aliphatic rings. The van der Waals surface area contributed by atoms with E-state index in [0.29, 0.717) is 35.9 Å². The van der Waals surface area contributed by atoms with E-state index in [4.69, 9.17) is 9.47 Å². The largest absolute Gasteiger partial charge is 0.493 e. The van der Waals surface area contributed by atoms with Gasteiger partial charge >= 0.3 is 0 Å². The third-order valence-corrected chi connectivity index (χ3v) is 5.52. The lowest BCUT2D eigenvalue weighted by atomic mass is 10.1. The molecule has 3 rings (SSSR count). The van der Waals surface area contributed by atoms with Crippen molar-refractivity contribution >= 4 is 11.8 Å². The maximum absolute atomic E-state index is 12.4. The molecule has 7 heteroatoms. The number of carbonyl (C=O) groups is 2. The number of nitrogens with zero attached hydrogens (tertiary/aromatic N) is 2. The van der Waals surface area contributed by atoms with Crippen LogP contribution < -0.4 is 14.8 Å². The van der Waals surface area contributed by atoms with Crippen LogP contribution in [-0.4, -0.2) is 75.1 Å². The van der Waals surface area contributed by atoms with Crippen LogP contribution in [-0.2, 0) is 4.79 Å². The minimum atomic E-state index is -0.125. The Morgan fingerprint density at radius 1 is 1.14 bits per heavy atom. The van der Waals surface area contributed by atoms with Crippen LogP contribution >= 0.6 is 0 Å². The Bertz CT molecular complexity index is 710. The first-order chi connectivity index (χ1) is 14.0. The Kier molecular flexibility index (Phi) is 7.36. The average molecular weight is 404 g/mol. The first kappa shape index (κ1) is 21.4. The van der Waals surface area contributed by atoms with E-state index in [1.165, 1.54) is 12.8 Å². The Morgan fingerprint density at radius 3 is 2.48 bits per heavy atom. The van der Waals surface area contributed by atoms with Gasteiger partial charge in [0.2, 0.25) is 5.91 Å². The zero-order chi connectivity index (χ0) is 20.8. The van der Waals surface area contributed by atoms with Gasteiger partial charge in [0.1, 0.15) is 6.10 Å². The molecule has 1 N–H and O–H groups in total. The first-order valence-corrected chi connectivity index (χ1v) is 10.5. The summed E-state index contributed by atoms with van der Waals surface area (Å²) in [5, 5.41) is 2.92. The number of piperidine rings is 1. The van der Waals surface area contributed by atoms with Crippen molar-refractivity contribution in [3.8, 4) is 11.5 Å². The number of likely N-dealkylation sites (tertiary alicyclic amines) is 1. The zero-order valence-corrected chi connectivity index (χ0v) is 17.8. The summed E-state index contributed by atoms with van der Waals surface area (Å²) in [7, 11) is 5.53. The van der Waals surface area contributed by atoms with Gasteiger partial charge < -0.3 is 24.6 Å². The van der Waals surface area contributed by atoms with E-state index >= 15 is 0 Å². The molecule has 160 valence electrons. The molecule has 0 bridgehead atoms. The number of hydrogen-bond acceptors (Lipinski definition) is 5. The van der Waals surface area contributed by atoms with Crippen molar-refractivity contribution in [1.29, 1.82) is 0 Å². The zero-order valence-electron chi connectivity index (χ0n) is 17.8. The highest BCUT2D eigenvalue weighted by Crippen LogP contribution is 2.34. The van der Waals surface area contributed by atoms with E-state index in [-0.39, 0.29) is 17.9 Å². The molecule has 0 unspecified atom stereocenters. The maximum Gasteiger partial charge on any atom is 0.251 e. The van der Waals surface area contributed by atoms with E-state index in [2.05, 4.69) is 5.32 Å². The number of ether oxygens (including phenoxy) is 2. The Morgan fingerprint density at radius 2 is 1.86 bits per heavy atom. The molecule has 1 aliphatic carbocycles. The van der Waals surface area contributed by atoms with E-state index in [1.807, 2.05) is 23.9 Å². The number of hydrogen-bond donors (Lipinski definition) is 1. The van der Waals surface area contributed by atoms with Crippen LogP contribution in [0.5, 0.6) is 11.5 Å².